The van der Waals surface area contributed by atoms with Crippen molar-refractivity contribution in [2.24, 2.45) is 11.1 Å². The average Bonchev–Trinajstić information content (AvgIpc) is 2.54. The third kappa shape index (κ3) is 4.57. The summed E-state index contributed by atoms with van der Waals surface area (Å²) in [6.07, 6.45) is 7.34. The van der Waals surface area contributed by atoms with Gasteiger partial charge in [-0.05, 0) is 37.8 Å². The molecular formula is C14H30N2O. The van der Waals surface area contributed by atoms with Gasteiger partial charge in [-0.15, -0.1) is 0 Å². The Kier molecular flexibility index (Phi) is 6.45. The lowest BCUT2D eigenvalue weighted by molar-refractivity contribution is 0.0792. The number of aliphatic hydroxyl groups is 1. The van der Waals surface area contributed by atoms with Crippen molar-refractivity contribution in [3.63, 3.8) is 0 Å². The monoisotopic (exact) mass is 242 g/mol. The minimum Gasteiger partial charge on any atom is -0.395 e. The van der Waals surface area contributed by atoms with E-state index in [0.717, 1.165) is 26.1 Å². The number of rotatable bonds is 6. The molecule has 0 spiro atoms. The molecule has 2 atom stereocenters. The molecule has 1 saturated heterocycles. The predicted octanol–water partition coefficient (Wildman–Crippen LogP) is 1.99. The molecule has 17 heavy (non-hydrogen) atoms. The van der Waals surface area contributed by atoms with E-state index in [4.69, 9.17) is 5.73 Å². The lowest BCUT2D eigenvalue weighted by Crippen LogP contribution is -2.46. The second kappa shape index (κ2) is 7.34. The van der Waals surface area contributed by atoms with Crippen molar-refractivity contribution >= 4 is 0 Å². The van der Waals surface area contributed by atoms with Crippen LogP contribution in [-0.2, 0) is 0 Å². The molecule has 3 heteroatoms. The first kappa shape index (κ1) is 14.9. The van der Waals surface area contributed by atoms with Crippen LogP contribution in [0.15, 0.2) is 0 Å². The van der Waals surface area contributed by atoms with Gasteiger partial charge in [0.2, 0.25) is 0 Å². The first-order valence-electron chi connectivity index (χ1n) is 7.20. The molecule has 0 amide bonds. The van der Waals surface area contributed by atoms with Gasteiger partial charge in [-0.2, -0.15) is 0 Å². The van der Waals surface area contributed by atoms with Crippen LogP contribution in [0, 0.1) is 5.41 Å². The Hall–Kier alpha value is -0.120. The fourth-order valence-corrected chi connectivity index (χ4v) is 2.99. The van der Waals surface area contributed by atoms with E-state index in [2.05, 4.69) is 18.7 Å². The van der Waals surface area contributed by atoms with Gasteiger partial charge in [0.05, 0.1) is 6.61 Å². The van der Waals surface area contributed by atoms with Crippen LogP contribution in [0.2, 0.25) is 0 Å². The molecule has 0 bridgehead atoms. The molecular weight excluding hydrogens is 212 g/mol. The maximum Gasteiger partial charge on any atom is 0.0586 e. The van der Waals surface area contributed by atoms with Gasteiger partial charge < -0.3 is 10.8 Å². The molecule has 0 saturated carbocycles. The highest BCUT2D eigenvalue weighted by molar-refractivity contribution is 4.84. The molecule has 2 unspecified atom stereocenters. The molecule has 1 heterocycles. The van der Waals surface area contributed by atoms with Crippen LogP contribution in [-0.4, -0.2) is 42.3 Å². The van der Waals surface area contributed by atoms with Crippen LogP contribution in [0.25, 0.3) is 0 Å². The Morgan fingerprint density at radius 2 is 2.12 bits per heavy atom. The number of nitrogens with zero attached hydrogens (tertiary/aromatic N) is 1. The maximum atomic E-state index is 9.51. The SMILES string of the molecule is CCCC(C)(CN)CN1CCCCCC1CO. The van der Waals surface area contributed by atoms with E-state index in [1.807, 2.05) is 0 Å². The van der Waals surface area contributed by atoms with E-state index < -0.39 is 0 Å². The van der Waals surface area contributed by atoms with Gasteiger partial charge in [-0.25, -0.2) is 0 Å². The maximum absolute atomic E-state index is 9.51. The zero-order chi connectivity index (χ0) is 12.7. The molecule has 0 aliphatic carbocycles. The van der Waals surface area contributed by atoms with E-state index >= 15 is 0 Å². The van der Waals surface area contributed by atoms with E-state index in [1.165, 1.54) is 32.1 Å². The molecule has 1 aliphatic heterocycles. The quantitative estimate of drug-likeness (QED) is 0.749. The van der Waals surface area contributed by atoms with Crippen LogP contribution in [0.3, 0.4) is 0 Å². The lowest BCUT2D eigenvalue weighted by Gasteiger charge is -2.37. The lowest BCUT2D eigenvalue weighted by atomic mass is 9.84. The summed E-state index contributed by atoms with van der Waals surface area (Å²) in [7, 11) is 0. The van der Waals surface area contributed by atoms with Crippen molar-refractivity contribution in [2.75, 3.05) is 26.2 Å². The zero-order valence-corrected chi connectivity index (χ0v) is 11.6. The van der Waals surface area contributed by atoms with Crippen molar-refractivity contribution in [2.45, 2.75) is 58.4 Å². The molecule has 102 valence electrons. The van der Waals surface area contributed by atoms with Gasteiger partial charge in [0.1, 0.15) is 0 Å². The summed E-state index contributed by atoms with van der Waals surface area (Å²) in [5, 5.41) is 9.51. The molecule has 0 aromatic heterocycles. The largest absolute Gasteiger partial charge is 0.395 e. The number of hydrogen-bond acceptors (Lipinski definition) is 3. The summed E-state index contributed by atoms with van der Waals surface area (Å²) in [5.74, 6) is 0. The fraction of sp³-hybridized carbons (Fsp3) is 1.00. The smallest absolute Gasteiger partial charge is 0.0586 e. The third-order valence-electron chi connectivity index (χ3n) is 4.14. The van der Waals surface area contributed by atoms with Crippen molar-refractivity contribution in [1.29, 1.82) is 0 Å². The second-order valence-corrected chi connectivity index (χ2v) is 5.92. The summed E-state index contributed by atoms with van der Waals surface area (Å²) < 4.78 is 0. The fourth-order valence-electron chi connectivity index (χ4n) is 2.99. The van der Waals surface area contributed by atoms with Gasteiger partial charge in [0.25, 0.3) is 0 Å². The number of likely N-dealkylation sites (tertiary alicyclic amines) is 1. The Morgan fingerprint density at radius 1 is 1.35 bits per heavy atom. The number of hydrogen-bond donors (Lipinski definition) is 2. The van der Waals surface area contributed by atoms with Gasteiger partial charge >= 0.3 is 0 Å². The summed E-state index contributed by atoms with van der Waals surface area (Å²) in [5.41, 5.74) is 6.16. The second-order valence-electron chi connectivity index (χ2n) is 5.92. The Labute approximate surface area is 106 Å². The zero-order valence-electron chi connectivity index (χ0n) is 11.6. The molecule has 1 fully saturated rings. The van der Waals surface area contributed by atoms with Crippen LogP contribution >= 0.6 is 0 Å². The Balaban J connectivity index is 2.61. The van der Waals surface area contributed by atoms with Crippen LogP contribution in [0.1, 0.15) is 52.4 Å². The standard InChI is InChI=1S/C14H30N2O/c1-3-8-14(2,11-15)12-16-9-6-4-5-7-13(16)10-17/h13,17H,3-12,15H2,1-2H3. The highest BCUT2D eigenvalue weighted by atomic mass is 16.3. The van der Waals surface area contributed by atoms with E-state index in [9.17, 15) is 5.11 Å². The molecule has 3 N–H and O–H groups in total. The minimum atomic E-state index is 0.215. The summed E-state index contributed by atoms with van der Waals surface area (Å²) in [6, 6.07) is 0.361. The topological polar surface area (TPSA) is 49.5 Å². The highest BCUT2D eigenvalue weighted by Gasteiger charge is 2.29. The molecule has 1 rings (SSSR count). The van der Waals surface area contributed by atoms with Crippen molar-refractivity contribution < 1.29 is 5.11 Å². The Bertz CT molecular complexity index is 210. The van der Waals surface area contributed by atoms with E-state index in [1.54, 1.807) is 0 Å². The van der Waals surface area contributed by atoms with Gasteiger partial charge in [-0.3, -0.25) is 4.90 Å². The third-order valence-corrected chi connectivity index (χ3v) is 4.14. The van der Waals surface area contributed by atoms with Gasteiger partial charge in [-0.1, -0.05) is 33.1 Å². The van der Waals surface area contributed by atoms with E-state index in [0.29, 0.717) is 12.6 Å². The van der Waals surface area contributed by atoms with Crippen molar-refractivity contribution in [1.82, 2.24) is 4.90 Å². The Morgan fingerprint density at radius 3 is 2.71 bits per heavy atom. The summed E-state index contributed by atoms with van der Waals surface area (Å²) >= 11 is 0. The number of aliphatic hydroxyl groups excluding tert-OH is 1. The van der Waals surface area contributed by atoms with Gasteiger partial charge in [0, 0.05) is 12.6 Å². The first-order valence-corrected chi connectivity index (χ1v) is 7.20. The van der Waals surface area contributed by atoms with Crippen LogP contribution in [0.4, 0.5) is 0 Å². The van der Waals surface area contributed by atoms with Crippen LogP contribution < -0.4 is 5.73 Å². The van der Waals surface area contributed by atoms with E-state index in [-0.39, 0.29) is 5.41 Å². The van der Waals surface area contributed by atoms with Crippen LogP contribution in [0.5, 0.6) is 0 Å². The predicted molar refractivity (Wildman–Crippen MR) is 73.0 cm³/mol. The summed E-state index contributed by atoms with van der Waals surface area (Å²) in [4.78, 5) is 2.48. The highest BCUT2D eigenvalue weighted by Crippen LogP contribution is 2.26. The molecule has 0 aromatic carbocycles. The average molecular weight is 242 g/mol. The van der Waals surface area contributed by atoms with Crippen molar-refractivity contribution in [3.05, 3.63) is 0 Å². The summed E-state index contributed by atoms with van der Waals surface area (Å²) in [6.45, 7) is 7.73. The van der Waals surface area contributed by atoms with Gasteiger partial charge in [0.15, 0.2) is 0 Å². The van der Waals surface area contributed by atoms with Crippen molar-refractivity contribution in [3.8, 4) is 0 Å². The first-order chi connectivity index (χ1) is 8.15. The number of nitrogens with two attached hydrogens (primary N) is 1. The molecule has 3 nitrogen and oxygen atoms in total. The normalized spacial score (nSPS) is 26.5. The molecule has 0 radical (unpaired) electrons. The molecule has 0 aromatic rings. The minimum absolute atomic E-state index is 0.215. The molecule has 1 aliphatic rings.